The minimum absolute atomic E-state index is 0.120. The molecule has 0 saturated carbocycles. The summed E-state index contributed by atoms with van der Waals surface area (Å²) in [7, 11) is -1.09. The van der Waals surface area contributed by atoms with Crippen molar-refractivity contribution in [2.75, 3.05) is 17.7 Å². The molecule has 1 unspecified atom stereocenters. The fourth-order valence-electron chi connectivity index (χ4n) is 1.76. The molecule has 17 heavy (non-hydrogen) atoms. The third-order valence-electron chi connectivity index (χ3n) is 2.70. The minimum atomic E-state index is -1.09. The van der Waals surface area contributed by atoms with E-state index >= 15 is 0 Å². The molecule has 1 saturated heterocycles. The highest BCUT2D eigenvalue weighted by Crippen LogP contribution is 2.26. The van der Waals surface area contributed by atoms with Crippen molar-refractivity contribution in [3.8, 4) is 0 Å². The molecule has 2 rings (SSSR count). The number of benzene rings is 1. The normalized spacial score (nSPS) is 27.9. The van der Waals surface area contributed by atoms with E-state index in [-0.39, 0.29) is 12.3 Å². The lowest BCUT2D eigenvalue weighted by Crippen LogP contribution is -2.33. The van der Waals surface area contributed by atoms with Crippen LogP contribution in [0.5, 0.6) is 0 Å². The zero-order valence-corrected chi connectivity index (χ0v) is 10.5. The smallest absolute Gasteiger partial charge is 0.228 e. The molecule has 0 radical (unpaired) electrons. The summed E-state index contributed by atoms with van der Waals surface area (Å²) < 4.78 is 17.1. The van der Waals surface area contributed by atoms with Crippen molar-refractivity contribution in [3.05, 3.63) is 30.3 Å². The van der Waals surface area contributed by atoms with E-state index in [4.69, 9.17) is 4.74 Å². The summed E-state index contributed by atoms with van der Waals surface area (Å²) in [5.74, 6) is 0.337. The number of hydrogen-bond donors (Lipinski definition) is 1. The van der Waals surface area contributed by atoms with Crippen LogP contribution in [0, 0.1) is 0 Å². The van der Waals surface area contributed by atoms with E-state index in [1.54, 1.807) is 6.92 Å². The Morgan fingerprint density at radius 1 is 1.47 bits per heavy atom. The summed E-state index contributed by atoms with van der Waals surface area (Å²) in [5.41, 5.74) is 0.741. The minimum Gasteiger partial charge on any atom is -0.361 e. The molecular formula is C12H15NO3S. The maximum absolute atomic E-state index is 11.8. The van der Waals surface area contributed by atoms with Gasteiger partial charge in [-0.25, -0.2) is 0 Å². The fourth-order valence-corrected chi connectivity index (χ4v) is 2.94. The zero-order valence-electron chi connectivity index (χ0n) is 9.64. The maximum atomic E-state index is 11.8. The van der Waals surface area contributed by atoms with Crippen LogP contribution >= 0.6 is 0 Å². The van der Waals surface area contributed by atoms with Gasteiger partial charge in [0.2, 0.25) is 5.91 Å². The van der Waals surface area contributed by atoms with E-state index in [9.17, 15) is 9.00 Å². The number of anilines is 1. The lowest BCUT2D eigenvalue weighted by Gasteiger charge is -2.20. The molecule has 0 aromatic heterocycles. The maximum Gasteiger partial charge on any atom is 0.228 e. The second kappa shape index (κ2) is 4.98. The van der Waals surface area contributed by atoms with Crippen LogP contribution in [0.2, 0.25) is 0 Å². The van der Waals surface area contributed by atoms with E-state index in [1.165, 1.54) is 0 Å². The number of para-hydroxylation sites is 1. The first-order chi connectivity index (χ1) is 8.10. The van der Waals surface area contributed by atoms with Crippen LogP contribution in [0.15, 0.2) is 30.3 Å². The van der Waals surface area contributed by atoms with Crippen LogP contribution in [0.1, 0.15) is 13.3 Å². The number of carbonyl (C=O) groups excluding carboxylic acids is 1. The zero-order chi connectivity index (χ0) is 12.3. The Morgan fingerprint density at radius 2 is 2.18 bits per heavy atom. The van der Waals surface area contributed by atoms with Crippen molar-refractivity contribution < 1.29 is 13.7 Å². The van der Waals surface area contributed by atoms with Gasteiger partial charge in [-0.2, -0.15) is 0 Å². The molecule has 4 nitrogen and oxygen atoms in total. The number of ether oxygens (including phenoxy) is 1. The number of amides is 1. The highest BCUT2D eigenvalue weighted by molar-refractivity contribution is 7.86. The summed E-state index contributed by atoms with van der Waals surface area (Å²) >= 11 is 0. The van der Waals surface area contributed by atoms with E-state index in [2.05, 4.69) is 5.32 Å². The molecule has 0 spiro atoms. The van der Waals surface area contributed by atoms with Gasteiger partial charge in [-0.1, -0.05) is 18.2 Å². The number of carbonyl (C=O) groups is 1. The van der Waals surface area contributed by atoms with E-state index < -0.39 is 15.7 Å². The molecule has 0 aliphatic carbocycles. The molecule has 1 N–H and O–H groups in total. The Hall–Kier alpha value is -1.20. The third-order valence-corrected chi connectivity index (χ3v) is 4.46. The molecule has 0 bridgehead atoms. The van der Waals surface area contributed by atoms with Crippen molar-refractivity contribution >= 4 is 22.4 Å². The molecule has 2 atom stereocenters. The molecule has 1 fully saturated rings. The predicted molar refractivity (Wildman–Crippen MR) is 67.1 cm³/mol. The quantitative estimate of drug-likeness (QED) is 0.888. The van der Waals surface area contributed by atoms with Crippen LogP contribution in [-0.2, 0) is 20.3 Å². The molecule has 1 aromatic carbocycles. The highest BCUT2D eigenvalue weighted by Gasteiger charge is 2.39. The lowest BCUT2D eigenvalue weighted by atomic mass is 10.2. The molecule has 5 heteroatoms. The first kappa shape index (κ1) is 12.3. The summed E-state index contributed by atoms with van der Waals surface area (Å²) in [4.78, 5) is 11.0. The average molecular weight is 253 g/mol. The van der Waals surface area contributed by atoms with Crippen molar-refractivity contribution in [1.82, 2.24) is 0 Å². The van der Waals surface area contributed by atoms with Crippen LogP contribution in [0.25, 0.3) is 0 Å². The molecule has 1 amide bonds. The number of nitrogens with one attached hydrogen (secondary N) is 1. The lowest BCUT2D eigenvalue weighted by molar-refractivity contribution is -0.119. The Morgan fingerprint density at radius 3 is 2.76 bits per heavy atom. The Kier molecular flexibility index (Phi) is 3.59. The van der Waals surface area contributed by atoms with Crippen molar-refractivity contribution in [3.63, 3.8) is 0 Å². The topological polar surface area (TPSA) is 55.4 Å². The van der Waals surface area contributed by atoms with Gasteiger partial charge in [0.15, 0.2) is 0 Å². The van der Waals surface area contributed by atoms with Crippen LogP contribution in [0.3, 0.4) is 0 Å². The largest absolute Gasteiger partial charge is 0.361 e. The molecular weight excluding hydrogens is 238 g/mol. The van der Waals surface area contributed by atoms with Crippen LogP contribution in [-0.4, -0.2) is 27.4 Å². The van der Waals surface area contributed by atoms with Crippen LogP contribution < -0.4 is 5.32 Å². The Labute approximate surface area is 103 Å². The number of rotatable bonds is 3. The first-order valence-corrected chi connectivity index (χ1v) is 6.79. The summed E-state index contributed by atoms with van der Waals surface area (Å²) in [6.07, 6.45) is 0.120. The summed E-state index contributed by atoms with van der Waals surface area (Å²) in [6.45, 7) is 2.18. The van der Waals surface area contributed by atoms with Gasteiger partial charge >= 0.3 is 0 Å². The molecule has 1 aliphatic rings. The Bertz CT molecular complexity index is 435. The van der Waals surface area contributed by atoms with Gasteiger partial charge < -0.3 is 10.1 Å². The highest BCUT2D eigenvalue weighted by atomic mass is 32.2. The average Bonchev–Trinajstić information content (AvgIpc) is 2.60. The van der Waals surface area contributed by atoms with Gasteiger partial charge in [-0.15, -0.1) is 0 Å². The van der Waals surface area contributed by atoms with Crippen molar-refractivity contribution in [1.29, 1.82) is 0 Å². The second-order valence-electron chi connectivity index (χ2n) is 4.12. The van der Waals surface area contributed by atoms with Gasteiger partial charge in [0, 0.05) is 11.4 Å². The standard InChI is InChI=1S/C12H15NO3S/c1-12(16-7-8-17(12)15)9-11(14)13-10-5-3-2-4-6-10/h2-6H,7-9H2,1H3,(H,13,14)/t12?,17-/m0/s1. The second-order valence-corrected chi connectivity index (χ2v) is 6.09. The Balaban J connectivity index is 1.96. The molecule has 92 valence electrons. The van der Waals surface area contributed by atoms with Crippen molar-refractivity contribution in [2.45, 2.75) is 18.3 Å². The van der Waals surface area contributed by atoms with E-state index in [1.807, 2.05) is 30.3 Å². The predicted octanol–water partition coefficient (Wildman–Crippen LogP) is 1.51. The van der Waals surface area contributed by atoms with Gasteiger partial charge in [-0.3, -0.25) is 9.00 Å². The van der Waals surface area contributed by atoms with Crippen LogP contribution in [0.4, 0.5) is 5.69 Å². The number of hydrogen-bond acceptors (Lipinski definition) is 3. The van der Waals surface area contributed by atoms with Gasteiger partial charge in [0.1, 0.15) is 4.93 Å². The fraction of sp³-hybridized carbons (Fsp3) is 0.417. The SMILES string of the molecule is CC1(CC(=O)Nc2ccccc2)OCC[S@@]1=O. The van der Waals surface area contributed by atoms with Gasteiger partial charge in [0.05, 0.1) is 23.8 Å². The molecule has 1 aromatic rings. The van der Waals surface area contributed by atoms with E-state index in [0.29, 0.717) is 12.4 Å². The summed E-state index contributed by atoms with van der Waals surface area (Å²) in [5, 5.41) is 2.76. The summed E-state index contributed by atoms with van der Waals surface area (Å²) in [6, 6.07) is 9.20. The third kappa shape index (κ3) is 2.92. The first-order valence-electron chi connectivity index (χ1n) is 5.47. The van der Waals surface area contributed by atoms with Gasteiger partial charge in [0.25, 0.3) is 0 Å². The van der Waals surface area contributed by atoms with Crippen molar-refractivity contribution in [2.24, 2.45) is 0 Å². The van der Waals surface area contributed by atoms with E-state index in [0.717, 1.165) is 5.69 Å². The van der Waals surface area contributed by atoms with Gasteiger partial charge in [-0.05, 0) is 19.1 Å². The molecule has 1 aliphatic heterocycles. The monoisotopic (exact) mass is 253 g/mol. The molecule has 1 heterocycles.